The van der Waals surface area contributed by atoms with Crippen LogP contribution in [-0.4, -0.2) is 71.5 Å². The number of hydrogen-bond donors (Lipinski definition) is 1. The summed E-state index contributed by atoms with van der Waals surface area (Å²) in [6.45, 7) is 8.26. The Bertz CT molecular complexity index is 1270. The standard InChI is InChI=1S/C23H30ClN7O5S/c1-5-8-25-11-15(2)23(6-7-23)31-21(18-14-35-9-10-36-18)28-29-22(31)30-37(32,33)16(3)19(34-4)20-26-12-17(24)13-27-20/h5,8,11-13,16,18-19H,1,6-7,9-10,14H2,2-4H3,(H,29,30)/b15-11+,25-8?/t16-,18+,19-/m0/s1. The second kappa shape index (κ2) is 11.4. The Morgan fingerprint density at radius 1 is 1.35 bits per heavy atom. The van der Waals surface area contributed by atoms with E-state index in [1.807, 2.05) is 6.92 Å². The molecule has 1 saturated carbocycles. The topological polar surface area (TPSA) is 143 Å². The fraction of sp³-hybridized carbons (Fsp3) is 0.522. The molecule has 200 valence electrons. The minimum Gasteiger partial charge on any atom is -0.376 e. The molecule has 4 rings (SSSR count). The van der Waals surface area contributed by atoms with Crippen molar-refractivity contribution in [3.05, 3.63) is 53.5 Å². The first-order valence-electron chi connectivity index (χ1n) is 11.7. The van der Waals surface area contributed by atoms with Crippen molar-refractivity contribution in [3.8, 4) is 0 Å². The van der Waals surface area contributed by atoms with Crippen molar-refractivity contribution >= 4 is 33.8 Å². The van der Waals surface area contributed by atoms with Crippen LogP contribution in [0.15, 0.2) is 41.8 Å². The minimum absolute atomic E-state index is 0.0702. The summed E-state index contributed by atoms with van der Waals surface area (Å²) in [5, 5.41) is 7.81. The molecule has 0 spiro atoms. The molecule has 1 N–H and O–H groups in total. The molecule has 1 saturated heterocycles. The molecule has 1 aliphatic heterocycles. The molecule has 0 aromatic carbocycles. The van der Waals surface area contributed by atoms with Crippen molar-refractivity contribution < 1.29 is 22.6 Å². The molecule has 0 bridgehead atoms. The van der Waals surface area contributed by atoms with Gasteiger partial charge in [0.15, 0.2) is 11.6 Å². The highest BCUT2D eigenvalue weighted by Crippen LogP contribution is 2.52. The largest absolute Gasteiger partial charge is 0.376 e. The number of anilines is 1. The van der Waals surface area contributed by atoms with Gasteiger partial charge in [-0.1, -0.05) is 24.3 Å². The number of nitrogens with one attached hydrogen (secondary N) is 1. The number of aliphatic imine (C=N–C) groups is 1. The molecule has 2 fully saturated rings. The van der Waals surface area contributed by atoms with E-state index in [-0.39, 0.29) is 18.4 Å². The van der Waals surface area contributed by atoms with E-state index in [0.29, 0.717) is 24.1 Å². The zero-order chi connectivity index (χ0) is 26.6. The SMILES string of the molecule is C=CC=N/C=C(\C)C1(n2c(NS(=O)(=O)[C@@H](C)[C@H](OC)c3ncc(Cl)cn3)nnc2[C@H]2COCCO2)CC1. The summed E-state index contributed by atoms with van der Waals surface area (Å²) >= 11 is 5.88. The normalized spacial score (nSPS) is 21.5. The maximum Gasteiger partial charge on any atom is 0.240 e. The number of nitrogens with zero attached hydrogens (tertiary/aromatic N) is 6. The fourth-order valence-electron chi connectivity index (χ4n) is 4.24. The van der Waals surface area contributed by atoms with Crippen LogP contribution >= 0.6 is 11.6 Å². The molecular formula is C23H30ClN7O5S. The smallest absolute Gasteiger partial charge is 0.240 e. The quantitative estimate of drug-likeness (QED) is 0.417. The molecular weight excluding hydrogens is 522 g/mol. The van der Waals surface area contributed by atoms with Crippen LogP contribution in [0.5, 0.6) is 0 Å². The van der Waals surface area contributed by atoms with Gasteiger partial charge in [0.2, 0.25) is 16.0 Å². The van der Waals surface area contributed by atoms with Gasteiger partial charge in [-0.2, -0.15) is 0 Å². The maximum atomic E-state index is 13.5. The van der Waals surface area contributed by atoms with E-state index in [1.165, 1.54) is 26.4 Å². The number of allylic oxidation sites excluding steroid dienone is 2. The summed E-state index contributed by atoms with van der Waals surface area (Å²) in [4.78, 5) is 12.5. The zero-order valence-electron chi connectivity index (χ0n) is 20.9. The first-order valence-corrected chi connectivity index (χ1v) is 13.6. The number of ether oxygens (including phenoxy) is 3. The van der Waals surface area contributed by atoms with Crippen molar-refractivity contribution in [2.45, 2.75) is 49.7 Å². The number of sulfonamides is 1. The van der Waals surface area contributed by atoms with Gasteiger partial charge >= 0.3 is 0 Å². The number of methoxy groups -OCH3 is 1. The van der Waals surface area contributed by atoms with E-state index in [1.54, 1.807) is 23.1 Å². The van der Waals surface area contributed by atoms with Crippen molar-refractivity contribution in [3.63, 3.8) is 0 Å². The Balaban J connectivity index is 1.70. The van der Waals surface area contributed by atoms with Crippen LogP contribution in [0.3, 0.4) is 0 Å². The maximum absolute atomic E-state index is 13.5. The Kier molecular flexibility index (Phi) is 8.39. The van der Waals surface area contributed by atoms with Crippen LogP contribution in [0.4, 0.5) is 5.95 Å². The predicted molar refractivity (Wildman–Crippen MR) is 138 cm³/mol. The lowest BCUT2D eigenvalue weighted by atomic mass is 10.1. The van der Waals surface area contributed by atoms with Gasteiger partial charge in [-0.15, -0.1) is 10.2 Å². The van der Waals surface area contributed by atoms with E-state index >= 15 is 0 Å². The number of aromatic nitrogens is 5. The molecule has 2 aromatic rings. The number of rotatable bonds is 11. The van der Waals surface area contributed by atoms with E-state index in [0.717, 1.165) is 18.4 Å². The molecule has 0 radical (unpaired) electrons. The molecule has 3 atom stereocenters. The molecule has 2 aliphatic rings. The molecule has 3 heterocycles. The van der Waals surface area contributed by atoms with Gasteiger partial charge in [-0.25, -0.2) is 18.4 Å². The lowest BCUT2D eigenvalue weighted by Gasteiger charge is -2.28. The zero-order valence-corrected chi connectivity index (χ0v) is 22.4. The summed E-state index contributed by atoms with van der Waals surface area (Å²) < 4.78 is 48.5. The Morgan fingerprint density at radius 2 is 2.08 bits per heavy atom. The monoisotopic (exact) mass is 551 g/mol. The first-order chi connectivity index (χ1) is 17.7. The summed E-state index contributed by atoms with van der Waals surface area (Å²) in [5.74, 6) is 0.741. The third-order valence-electron chi connectivity index (χ3n) is 6.44. The Labute approximate surface area is 220 Å². The van der Waals surface area contributed by atoms with Gasteiger partial charge in [-0.05, 0) is 32.3 Å². The van der Waals surface area contributed by atoms with Gasteiger partial charge in [0, 0.05) is 31.9 Å². The number of halogens is 1. The van der Waals surface area contributed by atoms with Crippen LogP contribution in [0.25, 0.3) is 0 Å². The Morgan fingerprint density at radius 3 is 2.68 bits per heavy atom. The molecule has 1 aliphatic carbocycles. The van der Waals surface area contributed by atoms with Crippen LogP contribution in [0, 0.1) is 0 Å². The van der Waals surface area contributed by atoms with Crippen molar-refractivity contribution in [1.29, 1.82) is 0 Å². The third-order valence-corrected chi connectivity index (χ3v) is 8.32. The van der Waals surface area contributed by atoms with Gasteiger partial charge in [0.1, 0.15) is 17.5 Å². The lowest BCUT2D eigenvalue weighted by Crippen LogP contribution is -2.35. The second-order valence-electron chi connectivity index (χ2n) is 8.80. The van der Waals surface area contributed by atoms with E-state index < -0.39 is 33.0 Å². The van der Waals surface area contributed by atoms with Crippen LogP contribution in [0.2, 0.25) is 5.02 Å². The first kappa shape index (κ1) is 27.3. The highest BCUT2D eigenvalue weighted by Gasteiger charge is 2.51. The fourth-order valence-corrected chi connectivity index (χ4v) is 5.47. The molecule has 12 nitrogen and oxygen atoms in total. The highest BCUT2D eigenvalue weighted by molar-refractivity contribution is 7.93. The number of hydrogen-bond acceptors (Lipinski definition) is 10. The van der Waals surface area contributed by atoms with Crippen LogP contribution < -0.4 is 4.72 Å². The van der Waals surface area contributed by atoms with E-state index in [4.69, 9.17) is 25.8 Å². The van der Waals surface area contributed by atoms with Crippen molar-refractivity contribution in [1.82, 2.24) is 24.7 Å². The summed E-state index contributed by atoms with van der Waals surface area (Å²) in [6.07, 6.45) is 7.73. The second-order valence-corrected chi connectivity index (χ2v) is 11.3. The van der Waals surface area contributed by atoms with Crippen molar-refractivity contribution in [2.24, 2.45) is 4.99 Å². The van der Waals surface area contributed by atoms with Gasteiger partial charge < -0.3 is 14.2 Å². The summed E-state index contributed by atoms with van der Waals surface area (Å²) in [6, 6.07) is 0. The average Bonchev–Trinajstić information content (AvgIpc) is 3.60. The third kappa shape index (κ3) is 5.75. The van der Waals surface area contributed by atoms with Gasteiger partial charge in [0.05, 0.1) is 30.4 Å². The average molecular weight is 552 g/mol. The minimum atomic E-state index is -4.05. The molecule has 0 unspecified atom stereocenters. The van der Waals surface area contributed by atoms with E-state index in [9.17, 15) is 8.42 Å². The molecule has 37 heavy (non-hydrogen) atoms. The molecule has 14 heteroatoms. The Hall–Kier alpha value is -2.71. The summed E-state index contributed by atoms with van der Waals surface area (Å²) in [5.41, 5.74) is 0.361. The predicted octanol–water partition coefficient (Wildman–Crippen LogP) is 2.98. The van der Waals surface area contributed by atoms with E-state index in [2.05, 4.69) is 36.5 Å². The van der Waals surface area contributed by atoms with Crippen LogP contribution in [0.1, 0.15) is 50.5 Å². The summed E-state index contributed by atoms with van der Waals surface area (Å²) in [7, 11) is -2.65. The van der Waals surface area contributed by atoms with Crippen LogP contribution in [-0.2, 0) is 29.8 Å². The lowest BCUT2D eigenvalue weighted by molar-refractivity contribution is -0.0951. The molecule has 2 aromatic heterocycles. The van der Waals surface area contributed by atoms with Gasteiger partial charge in [-0.3, -0.25) is 14.3 Å². The van der Waals surface area contributed by atoms with Crippen molar-refractivity contribution in [2.75, 3.05) is 31.7 Å². The highest BCUT2D eigenvalue weighted by atomic mass is 35.5. The molecule has 0 amide bonds. The van der Waals surface area contributed by atoms with Gasteiger partial charge in [0.25, 0.3) is 0 Å².